The van der Waals surface area contributed by atoms with E-state index in [0.29, 0.717) is 13.0 Å². The Morgan fingerprint density at radius 2 is 1.91 bits per heavy atom. The lowest BCUT2D eigenvalue weighted by Gasteiger charge is -2.49. The Bertz CT molecular complexity index is 1170. The first kappa shape index (κ1) is 20.7. The van der Waals surface area contributed by atoms with E-state index < -0.39 is 0 Å². The second kappa shape index (κ2) is 8.38. The van der Waals surface area contributed by atoms with Crippen LogP contribution in [0.3, 0.4) is 0 Å². The van der Waals surface area contributed by atoms with E-state index in [1.165, 1.54) is 22.5 Å². The predicted octanol–water partition coefficient (Wildman–Crippen LogP) is 3.89. The molecule has 8 heteroatoms. The number of halogens is 1. The van der Waals surface area contributed by atoms with Gasteiger partial charge in [0.25, 0.3) is 0 Å². The average Bonchev–Trinajstić information content (AvgIpc) is 3.34. The number of tetrazole rings is 1. The van der Waals surface area contributed by atoms with Gasteiger partial charge >= 0.3 is 0 Å². The molecule has 5 rings (SSSR count). The molecule has 0 bridgehead atoms. The number of hydrogen-bond acceptors (Lipinski definition) is 6. The second-order valence-corrected chi connectivity index (χ2v) is 8.77. The minimum Gasteiger partial charge on any atom is -0.341 e. The molecule has 7 nitrogen and oxygen atoms in total. The van der Waals surface area contributed by atoms with Gasteiger partial charge in [-0.05, 0) is 77.5 Å². The van der Waals surface area contributed by atoms with E-state index in [1.54, 1.807) is 0 Å². The summed E-state index contributed by atoms with van der Waals surface area (Å²) < 4.78 is 0. The van der Waals surface area contributed by atoms with E-state index >= 15 is 0 Å². The summed E-state index contributed by atoms with van der Waals surface area (Å²) in [7, 11) is 0. The Kier molecular flexibility index (Phi) is 5.41. The topological polar surface area (TPSA) is 73.3 Å². The van der Waals surface area contributed by atoms with Crippen LogP contribution >= 0.6 is 11.6 Å². The van der Waals surface area contributed by atoms with Crippen LogP contribution in [0.2, 0.25) is 5.02 Å². The summed E-state index contributed by atoms with van der Waals surface area (Å²) in [5, 5.41) is 15.1. The van der Waals surface area contributed by atoms with Crippen molar-refractivity contribution in [1.82, 2.24) is 25.5 Å². The minimum absolute atomic E-state index is 0.147. The molecule has 162 valence electrons. The lowest BCUT2D eigenvalue weighted by molar-refractivity contribution is 0.197. The Hall–Kier alpha value is -3.21. The van der Waals surface area contributed by atoms with Crippen LogP contribution in [0.4, 0.5) is 17.1 Å². The van der Waals surface area contributed by atoms with Crippen molar-refractivity contribution in [3.05, 3.63) is 58.4 Å². The van der Waals surface area contributed by atoms with Crippen LogP contribution in [0.25, 0.3) is 0 Å². The number of hydrogen-bond donors (Lipinski definition) is 1. The van der Waals surface area contributed by atoms with Crippen LogP contribution < -0.4 is 4.90 Å². The number of nitrogens with one attached hydrogen (secondary N) is 1. The Morgan fingerprint density at radius 3 is 2.59 bits per heavy atom. The van der Waals surface area contributed by atoms with Gasteiger partial charge in [0.05, 0.1) is 12.2 Å². The molecular weight excluding hydrogens is 422 g/mol. The maximum absolute atomic E-state index is 6.53. The quantitative estimate of drug-likeness (QED) is 0.476. The summed E-state index contributed by atoms with van der Waals surface area (Å²) in [6.45, 7) is 7.04. The van der Waals surface area contributed by atoms with E-state index in [-0.39, 0.29) is 5.41 Å². The highest BCUT2D eigenvalue weighted by Gasteiger charge is 2.45. The van der Waals surface area contributed by atoms with Crippen LogP contribution in [-0.4, -0.2) is 58.4 Å². The number of likely N-dealkylation sites (tertiary alicyclic amines) is 1. The molecule has 0 radical (unpaired) electrons. The molecule has 1 saturated heterocycles. The van der Waals surface area contributed by atoms with Crippen LogP contribution in [0.15, 0.2) is 41.4 Å². The zero-order valence-corrected chi connectivity index (χ0v) is 18.5. The van der Waals surface area contributed by atoms with Crippen molar-refractivity contribution in [3.63, 3.8) is 0 Å². The van der Waals surface area contributed by atoms with Gasteiger partial charge in [0.15, 0.2) is 0 Å². The van der Waals surface area contributed by atoms with E-state index in [1.807, 2.05) is 12.1 Å². The fraction of sp³-hybridized carbons (Fsp3) is 0.333. The number of benzene rings is 2. The molecule has 2 aromatic carbocycles. The van der Waals surface area contributed by atoms with Gasteiger partial charge in [-0.1, -0.05) is 17.5 Å². The summed E-state index contributed by atoms with van der Waals surface area (Å²) in [6.07, 6.45) is 8.21. The van der Waals surface area contributed by atoms with Crippen LogP contribution in [0.5, 0.6) is 0 Å². The largest absolute Gasteiger partial charge is 0.341 e. The summed E-state index contributed by atoms with van der Waals surface area (Å²) in [6, 6.07) is 12.6. The van der Waals surface area contributed by atoms with Crippen molar-refractivity contribution >= 4 is 35.4 Å². The number of rotatable bonds is 5. The fourth-order valence-electron chi connectivity index (χ4n) is 5.15. The number of H-pyrrole nitrogens is 1. The molecule has 0 saturated carbocycles. The smallest absolute Gasteiger partial charge is 0.150 e. The lowest BCUT2D eigenvalue weighted by atomic mass is 9.65. The third-order valence-electron chi connectivity index (χ3n) is 6.72. The molecule has 0 aliphatic carbocycles. The molecule has 0 atom stereocenters. The lowest BCUT2D eigenvalue weighted by Crippen LogP contribution is -2.46. The highest BCUT2D eigenvalue weighted by molar-refractivity contribution is 6.30. The number of aliphatic imine (C=N–C) groups is 1. The normalized spacial score (nSPS) is 16.9. The summed E-state index contributed by atoms with van der Waals surface area (Å²) in [5.41, 5.74) is 5.62. The fourth-order valence-corrected chi connectivity index (χ4v) is 5.32. The molecule has 3 heterocycles. The van der Waals surface area contributed by atoms with Crippen molar-refractivity contribution in [3.8, 4) is 12.3 Å². The molecule has 1 N–H and O–H groups in total. The van der Waals surface area contributed by atoms with Gasteiger partial charge in [-0.25, -0.2) is 5.10 Å². The molecule has 1 fully saturated rings. The van der Waals surface area contributed by atoms with Gasteiger partial charge < -0.3 is 4.90 Å². The zero-order valence-electron chi connectivity index (χ0n) is 17.8. The Labute approximate surface area is 192 Å². The van der Waals surface area contributed by atoms with Crippen LogP contribution in [0.1, 0.15) is 29.8 Å². The first-order valence-corrected chi connectivity index (χ1v) is 11.1. The van der Waals surface area contributed by atoms with Crippen molar-refractivity contribution in [2.24, 2.45) is 4.99 Å². The molecule has 1 spiro atoms. The van der Waals surface area contributed by atoms with Crippen molar-refractivity contribution in [2.45, 2.75) is 24.7 Å². The number of nitrogens with zero attached hydrogens (tertiary/aromatic N) is 6. The molecule has 2 aliphatic heterocycles. The Morgan fingerprint density at radius 1 is 1.16 bits per heavy atom. The van der Waals surface area contributed by atoms with Gasteiger partial charge in [-0.2, -0.15) is 0 Å². The average molecular weight is 446 g/mol. The first-order valence-electron chi connectivity index (χ1n) is 10.7. The monoisotopic (exact) mass is 445 g/mol. The Balaban J connectivity index is 1.63. The summed E-state index contributed by atoms with van der Waals surface area (Å²) in [4.78, 5) is 8.91. The molecule has 1 aromatic heterocycles. The van der Waals surface area contributed by atoms with E-state index in [2.05, 4.69) is 72.3 Å². The molecule has 3 aromatic rings. The highest BCUT2D eigenvalue weighted by Crippen LogP contribution is 2.55. The zero-order chi connectivity index (χ0) is 22.1. The van der Waals surface area contributed by atoms with E-state index in [9.17, 15) is 0 Å². The number of anilines is 2. The number of fused-ring (bicyclic) bond motifs is 4. The maximum Gasteiger partial charge on any atom is 0.150 e. The standard InChI is InChI=1S/C24H24ClN7/c1-3-11-31-13-9-24(10-14-31)19-15-17(25)4-6-21(19)32(12-8-23-27-29-30-28-23)22-7-5-18(26-2)16-20(22)24/h1,4-7,15-16H,2,8-14H2,(H,27,28,29,30). The van der Waals surface area contributed by atoms with Crippen LogP contribution in [-0.2, 0) is 11.8 Å². The number of aromatic amines is 1. The second-order valence-electron chi connectivity index (χ2n) is 8.33. The molecule has 0 amide bonds. The molecular formula is C24H24ClN7. The number of piperidine rings is 1. The minimum atomic E-state index is -0.147. The third-order valence-corrected chi connectivity index (χ3v) is 6.96. The maximum atomic E-state index is 6.53. The molecule has 2 aliphatic rings. The number of terminal acetylenes is 1. The first-order chi connectivity index (χ1) is 15.6. The highest BCUT2D eigenvalue weighted by atomic mass is 35.5. The molecule has 32 heavy (non-hydrogen) atoms. The van der Waals surface area contributed by atoms with Crippen LogP contribution in [0, 0.1) is 12.3 Å². The van der Waals surface area contributed by atoms with Gasteiger partial charge in [0.1, 0.15) is 5.82 Å². The summed E-state index contributed by atoms with van der Waals surface area (Å²) >= 11 is 6.53. The molecule has 0 unspecified atom stereocenters. The van der Waals surface area contributed by atoms with Crippen molar-refractivity contribution in [1.29, 1.82) is 0 Å². The van der Waals surface area contributed by atoms with Gasteiger partial charge in [0.2, 0.25) is 0 Å². The third kappa shape index (κ3) is 3.46. The SMILES string of the molecule is C#CCN1CCC2(CC1)c1cc(Cl)ccc1N(CCc1nnn[nH]1)c1ccc(N=C)cc12. The predicted molar refractivity (Wildman–Crippen MR) is 127 cm³/mol. The van der Waals surface area contributed by atoms with Crippen molar-refractivity contribution in [2.75, 3.05) is 31.1 Å². The van der Waals surface area contributed by atoms with Gasteiger partial charge in [-0.3, -0.25) is 9.89 Å². The van der Waals surface area contributed by atoms with E-state index in [4.69, 9.17) is 18.0 Å². The number of aromatic nitrogens is 4. The van der Waals surface area contributed by atoms with Gasteiger partial charge in [-0.15, -0.1) is 11.5 Å². The summed E-state index contributed by atoms with van der Waals surface area (Å²) in [5.74, 6) is 3.54. The van der Waals surface area contributed by atoms with Gasteiger partial charge in [0, 0.05) is 47.9 Å². The van der Waals surface area contributed by atoms with E-state index in [0.717, 1.165) is 49.0 Å². The van der Waals surface area contributed by atoms with Crippen molar-refractivity contribution < 1.29 is 0 Å².